The molecule has 2 aromatic rings. The molecule has 0 saturated heterocycles. The summed E-state index contributed by atoms with van der Waals surface area (Å²) in [6.07, 6.45) is 3.05. The SMILES string of the molecule is C=CCOc1ccccc1/C=C(\C#N)C(=O)Nc1c(Cl)cccc1Cl. The van der Waals surface area contributed by atoms with Crippen LogP contribution >= 0.6 is 23.2 Å². The molecule has 1 N–H and O–H groups in total. The highest BCUT2D eigenvalue weighted by atomic mass is 35.5. The van der Waals surface area contributed by atoms with Crippen LogP contribution in [0.25, 0.3) is 6.08 Å². The number of anilines is 1. The molecule has 0 aliphatic heterocycles. The van der Waals surface area contributed by atoms with Crippen molar-refractivity contribution in [2.75, 3.05) is 11.9 Å². The van der Waals surface area contributed by atoms with Crippen molar-refractivity contribution in [1.29, 1.82) is 5.26 Å². The van der Waals surface area contributed by atoms with Gasteiger partial charge in [0, 0.05) is 5.56 Å². The summed E-state index contributed by atoms with van der Waals surface area (Å²) in [5.41, 5.74) is 0.750. The predicted octanol–water partition coefficient (Wildman–Crippen LogP) is 5.10. The molecule has 126 valence electrons. The molecule has 0 saturated carbocycles. The highest BCUT2D eigenvalue weighted by molar-refractivity contribution is 6.40. The van der Waals surface area contributed by atoms with E-state index in [1.54, 1.807) is 48.5 Å². The van der Waals surface area contributed by atoms with Gasteiger partial charge in [0.05, 0.1) is 15.7 Å². The van der Waals surface area contributed by atoms with Crippen LogP contribution in [0.3, 0.4) is 0 Å². The maximum atomic E-state index is 12.4. The second-order valence-electron chi connectivity index (χ2n) is 4.86. The highest BCUT2D eigenvalue weighted by Gasteiger charge is 2.14. The molecule has 2 aromatic carbocycles. The number of hydrogen-bond donors (Lipinski definition) is 1. The number of benzene rings is 2. The average molecular weight is 373 g/mol. The minimum Gasteiger partial charge on any atom is -0.489 e. The van der Waals surface area contributed by atoms with Gasteiger partial charge >= 0.3 is 0 Å². The van der Waals surface area contributed by atoms with Crippen LogP contribution in [0.5, 0.6) is 5.75 Å². The molecule has 0 radical (unpaired) electrons. The fourth-order valence-electron chi connectivity index (χ4n) is 1.98. The van der Waals surface area contributed by atoms with E-state index in [2.05, 4.69) is 11.9 Å². The molecule has 0 bridgehead atoms. The molecule has 0 spiro atoms. The lowest BCUT2D eigenvalue weighted by Gasteiger charge is -2.10. The first-order valence-electron chi connectivity index (χ1n) is 7.26. The van der Waals surface area contributed by atoms with Crippen molar-refractivity contribution in [1.82, 2.24) is 0 Å². The van der Waals surface area contributed by atoms with Gasteiger partial charge in [-0.2, -0.15) is 5.26 Å². The average Bonchev–Trinajstić information content (AvgIpc) is 2.61. The summed E-state index contributed by atoms with van der Waals surface area (Å²) in [7, 11) is 0. The number of nitrogens with one attached hydrogen (secondary N) is 1. The Hall–Kier alpha value is -2.74. The topological polar surface area (TPSA) is 62.1 Å². The van der Waals surface area contributed by atoms with Gasteiger partial charge in [0.25, 0.3) is 5.91 Å². The van der Waals surface area contributed by atoms with E-state index in [0.29, 0.717) is 17.9 Å². The smallest absolute Gasteiger partial charge is 0.266 e. The van der Waals surface area contributed by atoms with Gasteiger partial charge in [-0.1, -0.05) is 60.1 Å². The summed E-state index contributed by atoms with van der Waals surface area (Å²) >= 11 is 12.1. The van der Waals surface area contributed by atoms with E-state index in [-0.39, 0.29) is 21.3 Å². The van der Waals surface area contributed by atoms with E-state index in [0.717, 1.165) is 0 Å². The molecule has 2 rings (SSSR count). The molecule has 4 nitrogen and oxygen atoms in total. The van der Waals surface area contributed by atoms with Crippen molar-refractivity contribution in [3.63, 3.8) is 0 Å². The second kappa shape index (κ2) is 8.93. The molecule has 6 heteroatoms. The summed E-state index contributed by atoms with van der Waals surface area (Å²) in [5.74, 6) is -0.0743. The van der Waals surface area contributed by atoms with Gasteiger partial charge in [-0.3, -0.25) is 4.79 Å². The van der Waals surface area contributed by atoms with Gasteiger partial charge < -0.3 is 10.1 Å². The second-order valence-corrected chi connectivity index (χ2v) is 5.67. The van der Waals surface area contributed by atoms with Gasteiger partial charge in [0.15, 0.2) is 0 Å². The Morgan fingerprint density at radius 3 is 2.52 bits per heavy atom. The Morgan fingerprint density at radius 1 is 1.20 bits per heavy atom. The number of rotatable bonds is 6. The van der Waals surface area contributed by atoms with Crippen LogP contribution in [0.2, 0.25) is 10.0 Å². The molecule has 0 fully saturated rings. The van der Waals surface area contributed by atoms with Crippen LogP contribution in [0.1, 0.15) is 5.56 Å². The van der Waals surface area contributed by atoms with Crippen molar-refractivity contribution < 1.29 is 9.53 Å². The Morgan fingerprint density at radius 2 is 1.88 bits per heavy atom. The summed E-state index contributed by atoms with van der Waals surface area (Å²) in [6, 6.07) is 13.8. The molecule has 0 aliphatic carbocycles. The van der Waals surface area contributed by atoms with E-state index in [1.165, 1.54) is 6.08 Å². The van der Waals surface area contributed by atoms with Crippen molar-refractivity contribution >= 4 is 40.9 Å². The Kier molecular flexibility index (Phi) is 6.64. The van der Waals surface area contributed by atoms with E-state index >= 15 is 0 Å². The molecular weight excluding hydrogens is 359 g/mol. The molecule has 0 aliphatic rings. The van der Waals surface area contributed by atoms with Crippen LogP contribution in [0.4, 0.5) is 5.69 Å². The Bertz CT molecular complexity index is 850. The van der Waals surface area contributed by atoms with Gasteiger partial charge in [-0.25, -0.2) is 0 Å². The first-order valence-corrected chi connectivity index (χ1v) is 8.02. The van der Waals surface area contributed by atoms with Gasteiger partial charge in [-0.05, 0) is 24.3 Å². The zero-order chi connectivity index (χ0) is 18.2. The summed E-state index contributed by atoms with van der Waals surface area (Å²) in [6.45, 7) is 3.91. The Labute approximate surface area is 155 Å². The van der Waals surface area contributed by atoms with Crippen LogP contribution in [0, 0.1) is 11.3 Å². The van der Waals surface area contributed by atoms with E-state index in [1.807, 2.05) is 6.07 Å². The third-order valence-electron chi connectivity index (χ3n) is 3.14. The number of halogens is 2. The Balaban J connectivity index is 2.30. The quantitative estimate of drug-likeness (QED) is 0.435. The van der Waals surface area contributed by atoms with Crippen molar-refractivity contribution in [3.05, 3.63) is 76.3 Å². The van der Waals surface area contributed by atoms with Crippen molar-refractivity contribution in [3.8, 4) is 11.8 Å². The third kappa shape index (κ3) is 4.87. The lowest BCUT2D eigenvalue weighted by Crippen LogP contribution is -2.14. The van der Waals surface area contributed by atoms with Crippen molar-refractivity contribution in [2.45, 2.75) is 0 Å². The minimum atomic E-state index is -0.615. The predicted molar refractivity (Wildman–Crippen MR) is 101 cm³/mol. The maximum Gasteiger partial charge on any atom is 0.266 e. The standard InChI is InChI=1S/C19H14Cl2N2O2/c1-2-10-25-17-9-4-3-6-13(17)11-14(12-22)19(24)23-18-15(20)7-5-8-16(18)21/h2-9,11H,1,10H2,(H,23,24)/b14-11+. The fourth-order valence-corrected chi connectivity index (χ4v) is 2.47. The first-order chi connectivity index (χ1) is 12.1. The molecule has 0 aromatic heterocycles. The number of carbonyl (C=O) groups excluding carboxylic acids is 1. The van der Waals surface area contributed by atoms with Crippen LogP contribution in [-0.4, -0.2) is 12.5 Å². The van der Waals surface area contributed by atoms with Gasteiger partial charge in [0.1, 0.15) is 24.0 Å². The number of para-hydroxylation sites is 2. The summed E-state index contributed by atoms with van der Waals surface area (Å²) in [4.78, 5) is 12.4. The monoisotopic (exact) mass is 372 g/mol. The number of nitrogens with zero attached hydrogens (tertiary/aromatic N) is 1. The van der Waals surface area contributed by atoms with Crippen LogP contribution in [0.15, 0.2) is 60.7 Å². The number of hydrogen-bond acceptors (Lipinski definition) is 3. The number of amides is 1. The van der Waals surface area contributed by atoms with E-state index in [4.69, 9.17) is 27.9 Å². The number of nitriles is 1. The van der Waals surface area contributed by atoms with Crippen LogP contribution in [-0.2, 0) is 4.79 Å². The third-order valence-corrected chi connectivity index (χ3v) is 3.77. The lowest BCUT2D eigenvalue weighted by atomic mass is 10.1. The maximum absolute atomic E-state index is 12.4. The van der Waals surface area contributed by atoms with Gasteiger partial charge in [0.2, 0.25) is 0 Å². The number of carbonyl (C=O) groups is 1. The normalized spacial score (nSPS) is 10.7. The minimum absolute atomic E-state index is 0.106. The van der Waals surface area contributed by atoms with Crippen molar-refractivity contribution in [2.24, 2.45) is 0 Å². The van der Waals surface area contributed by atoms with E-state index in [9.17, 15) is 10.1 Å². The molecule has 1 amide bonds. The zero-order valence-electron chi connectivity index (χ0n) is 13.1. The summed E-state index contributed by atoms with van der Waals surface area (Å²) in [5, 5.41) is 12.5. The zero-order valence-corrected chi connectivity index (χ0v) is 14.6. The summed E-state index contributed by atoms with van der Waals surface area (Å²) < 4.78 is 5.52. The largest absolute Gasteiger partial charge is 0.489 e. The molecule has 0 heterocycles. The molecule has 0 atom stereocenters. The molecular formula is C19H14Cl2N2O2. The first kappa shape index (κ1) is 18.6. The molecule has 0 unspecified atom stereocenters. The molecule has 25 heavy (non-hydrogen) atoms. The van der Waals surface area contributed by atoms with Gasteiger partial charge in [-0.15, -0.1) is 0 Å². The van der Waals surface area contributed by atoms with Crippen LogP contribution < -0.4 is 10.1 Å². The number of ether oxygens (including phenoxy) is 1. The lowest BCUT2D eigenvalue weighted by molar-refractivity contribution is -0.112. The highest BCUT2D eigenvalue weighted by Crippen LogP contribution is 2.30. The van der Waals surface area contributed by atoms with E-state index < -0.39 is 5.91 Å². The fraction of sp³-hybridized carbons (Fsp3) is 0.0526.